The molecule has 3 aromatic carbocycles. The first kappa shape index (κ1) is 19.2. The summed E-state index contributed by atoms with van der Waals surface area (Å²) in [5.41, 5.74) is 3.74. The first-order chi connectivity index (χ1) is 13.6. The molecule has 5 nitrogen and oxygen atoms in total. The highest BCUT2D eigenvalue weighted by atomic mass is 16.5. The van der Waals surface area contributed by atoms with E-state index in [1.807, 2.05) is 54.6 Å². The minimum atomic E-state index is -0.300. The van der Waals surface area contributed by atoms with Gasteiger partial charge >= 0.3 is 5.97 Å². The SMILES string of the molecule is COC(=O)Cc1ccc(OCC(=O)Nc2ccc(-c3ccccc3)cc2)cc1. The fourth-order valence-corrected chi connectivity index (χ4v) is 2.66. The normalized spacial score (nSPS) is 10.2. The molecule has 0 heterocycles. The van der Waals surface area contributed by atoms with E-state index >= 15 is 0 Å². The van der Waals surface area contributed by atoms with E-state index in [9.17, 15) is 9.59 Å². The second-order valence-electron chi connectivity index (χ2n) is 6.18. The molecule has 0 aliphatic carbocycles. The van der Waals surface area contributed by atoms with Crippen molar-refractivity contribution in [2.75, 3.05) is 19.0 Å². The molecule has 1 N–H and O–H groups in total. The van der Waals surface area contributed by atoms with Crippen molar-refractivity contribution in [3.63, 3.8) is 0 Å². The van der Waals surface area contributed by atoms with E-state index in [2.05, 4.69) is 10.1 Å². The zero-order valence-electron chi connectivity index (χ0n) is 15.6. The number of rotatable bonds is 7. The Morgan fingerprint density at radius 1 is 0.821 bits per heavy atom. The largest absolute Gasteiger partial charge is 0.484 e. The number of methoxy groups -OCH3 is 1. The predicted octanol–water partition coefficient (Wildman–Crippen LogP) is 4.09. The average molecular weight is 375 g/mol. The highest BCUT2D eigenvalue weighted by Crippen LogP contribution is 2.21. The highest BCUT2D eigenvalue weighted by Gasteiger charge is 2.06. The molecule has 3 rings (SSSR count). The Morgan fingerprint density at radius 3 is 2.11 bits per heavy atom. The van der Waals surface area contributed by atoms with Crippen LogP contribution in [0.15, 0.2) is 78.9 Å². The molecule has 5 heteroatoms. The topological polar surface area (TPSA) is 64.6 Å². The van der Waals surface area contributed by atoms with E-state index in [1.54, 1.807) is 24.3 Å². The van der Waals surface area contributed by atoms with Gasteiger partial charge in [-0.25, -0.2) is 0 Å². The van der Waals surface area contributed by atoms with Gasteiger partial charge in [0.2, 0.25) is 0 Å². The maximum Gasteiger partial charge on any atom is 0.309 e. The summed E-state index contributed by atoms with van der Waals surface area (Å²) in [5, 5.41) is 2.81. The number of benzene rings is 3. The number of hydrogen-bond acceptors (Lipinski definition) is 4. The van der Waals surface area contributed by atoms with Crippen molar-refractivity contribution in [3.05, 3.63) is 84.4 Å². The zero-order valence-corrected chi connectivity index (χ0v) is 15.6. The van der Waals surface area contributed by atoms with Gasteiger partial charge in [-0.15, -0.1) is 0 Å². The Morgan fingerprint density at radius 2 is 1.46 bits per heavy atom. The number of carbonyl (C=O) groups excluding carboxylic acids is 2. The van der Waals surface area contributed by atoms with Crippen LogP contribution in [0.2, 0.25) is 0 Å². The molecule has 142 valence electrons. The second kappa shape index (κ2) is 9.37. The molecule has 3 aromatic rings. The van der Waals surface area contributed by atoms with Crippen LogP contribution in [0.5, 0.6) is 5.75 Å². The predicted molar refractivity (Wildman–Crippen MR) is 108 cm³/mol. The minimum absolute atomic E-state index is 0.100. The lowest BCUT2D eigenvalue weighted by atomic mass is 10.1. The molecule has 0 radical (unpaired) electrons. The van der Waals surface area contributed by atoms with E-state index in [0.29, 0.717) is 11.4 Å². The van der Waals surface area contributed by atoms with Crippen LogP contribution in [-0.2, 0) is 20.7 Å². The monoisotopic (exact) mass is 375 g/mol. The van der Waals surface area contributed by atoms with Crippen LogP contribution in [0.1, 0.15) is 5.56 Å². The molecule has 0 bridgehead atoms. The Hall–Kier alpha value is -3.60. The molecule has 0 saturated carbocycles. The quantitative estimate of drug-likeness (QED) is 0.632. The van der Waals surface area contributed by atoms with Gasteiger partial charge < -0.3 is 14.8 Å². The first-order valence-corrected chi connectivity index (χ1v) is 8.88. The average Bonchev–Trinajstić information content (AvgIpc) is 2.74. The molecule has 0 aliphatic heterocycles. The third kappa shape index (κ3) is 5.45. The van der Waals surface area contributed by atoms with Gasteiger partial charge in [0.15, 0.2) is 6.61 Å². The summed E-state index contributed by atoms with van der Waals surface area (Å²) in [7, 11) is 1.35. The van der Waals surface area contributed by atoms with Crippen molar-refractivity contribution in [2.24, 2.45) is 0 Å². The summed E-state index contributed by atoms with van der Waals surface area (Å²) in [6.45, 7) is -0.100. The molecule has 0 aromatic heterocycles. The Bertz CT molecular complexity index is 919. The molecule has 0 spiro atoms. The summed E-state index contributed by atoms with van der Waals surface area (Å²) in [5.74, 6) is 0.0145. The smallest absolute Gasteiger partial charge is 0.309 e. The van der Waals surface area contributed by atoms with Crippen LogP contribution in [0.4, 0.5) is 5.69 Å². The standard InChI is InChI=1S/C23H21NO4/c1-27-23(26)15-17-7-13-21(14-8-17)28-16-22(25)24-20-11-9-19(10-12-20)18-5-3-2-4-6-18/h2-14H,15-16H2,1H3,(H,24,25). The van der Waals surface area contributed by atoms with Crippen LogP contribution in [0, 0.1) is 0 Å². The maximum absolute atomic E-state index is 12.1. The van der Waals surface area contributed by atoms with Crippen molar-refractivity contribution >= 4 is 17.6 Å². The van der Waals surface area contributed by atoms with Gasteiger partial charge in [-0.3, -0.25) is 9.59 Å². The van der Waals surface area contributed by atoms with Gasteiger partial charge in [-0.05, 0) is 41.0 Å². The van der Waals surface area contributed by atoms with Crippen LogP contribution in [-0.4, -0.2) is 25.6 Å². The molecule has 0 aliphatic rings. The van der Waals surface area contributed by atoms with Crippen LogP contribution >= 0.6 is 0 Å². The fraction of sp³-hybridized carbons (Fsp3) is 0.130. The third-order valence-corrected chi connectivity index (χ3v) is 4.15. The molecule has 0 fully saturated rings. The Kier molecular flexibility index (Phi) is 6.41. The van der Waals surface area contributed by atoms with Crippen molar-refractivity contribution < 1.29 is 19.1 Å². The van der Waals surface area contributed by atoms with Crippen molar-refractivity contribution in [1.82, 2.24) is 0 Å². The molecule has 0 unspecified atom stereocenters. The summed E-state index contributed by atoms with van der Waals surface area (Å²) < 4.78 is 10.1. The lowest BCUT2D eigenvalue weighted by molar-refractivity contribution is -0.139. The number of carbonyl (C=O) groups is 2. The number of esters is 1. The Labute approximate surface area is 163 Å². The van der Waals surface area contributed by atoms with Crippen molar-refractivity contribution in [2.45, 2.75) is 6.42 Å². The summed E-state index contributed by atoms with van der Waals surface area (Å²) in [4.78, 5) is 23.3. The van der Waals surface area contributed by atoms with E-state index in [4.69, 9.17) is 4.74 Å². The molecule has 0 saturated heterocycles. The van der Waals surface area contributed by atoms with Crippen molar-refractivity contribution in [1.29, 1.82) is 0 Å². The molecular weight excluding hydrogens is 354 g/mol. The van der Waals surface area contributed by atoms with E-state index in [-0.39, 0.29) is 24.9 Å². The zero-order chi connectivity index (χ0) is 19.8. The number of ether oxygens (including phenoxy) is 2. The van der Waals surface area contributed by atoms with Crippen LogP contribution in [0.3, 0.4) is 0 Å². The van der Waals surface area contributed by atoms with E-state index < -0.39 is 0 Å². The lowest BCUT2D eigenvalue weighted by Gasteiger charge is -2.09. The van der Waals surface area contributed by atoms with E-state index in [0.717, 1.165) is 16.7 Å². The first-order valence-electron chi connectivity index (χ1n) is 8.88. The summed E-state index contributed by atoms with van der Waals surface area (Å²) in [6, 6.07) is 24.7. The summed E-state index contributed by atoms with van der Waals surface area (Å²) >= 11 is 0. The molecule has 0 atom stereocenters. The Balaban J connectivity index is 1.49. The summed E-state index contributed by atoms with van der Waals surface area (Å²) in [6.07, 6.45) is 0.205. The van der Waals surface area contributed by atoms with Gasteiger partial charge in [-0.1, -0.05) is 54.6 Å². The number of nitrogens with one attached hydrogen (secondary N) is 1. The van der Waals surface area contributed by atoms with Crippen LogP contribution < -0.4 is 10.1 Å². The lowest BCUT2D eigenvalue weighted by Crippen LogP contribution is -2.20. The van der Waals surface area contributed by atoms with E-state index in [1.165, 1.54) is 7.11 Å². The third-order valence-electron chi connectivity index (χ3n) is 4.15. The highest BCUT2D eigenvalue weighted by molar-refractivity contribution is 5.92. The van der Waals surface area contributed by atoms with Crippen molar-refractivity contribution in [3.8, 4) is 16.9 Å². The van der Waals surface area contributed by atoms with Gasteiger partial charge in [0, 0.05) is 5.69 Å². The maximum atomic E-state index is 12.1. The van der Waals surface area contributed by atoms with Gasteiger partial charge in [-0.2, -0.15) is 0 Å². The molecule has 28 heavy (non-hydrogen) atoms. The minimum Gasteiger partial charge on any atom is -0.484 e. The number of amides is 1. The van der Waals surface area contributed by atoms with Gasteiger partial charge in [0.1, 0.15) is 5.75 Å². The van der Waals surface area contributed by atoms with Gasteiger partial charge in [0.25, 0.3) is 5.91 Å². The fourth-order valence-electron chi connectivity index (χ4n) is 2.66. The number of hydrogen-bond donors (Lipinski definition) is 1. The van der Waals surface area contributed by atoms with Gasteiger partial charge in [0.05, 0.1) is 13.5 Å². The number of anilines is 1. The second-order valence-corrected chi connectivity index (χ2v) is 6.18. The molecular formula is C23H21NO4. The van der Waals surface area contributed by atoms with Crippen LogP contribution in [0.25, 0.3) is 11.1 Å². The molecule has 1 amide bonds.